The van der Waals surface area contributed by atoms with Crippen molar-refractivity contribution in [1.82, 2.24) is 10.2 Å². The second-order valence-electron chi connectivity index (χ2n) is 8.70. The van der Waals surface area contributed by atoms with Crippen molar-refractivity contribution < 1.29 is 18.3 Å². The lowest BCUT2D eigenvalue weighted by Crippen LogP contribution is -2.29. The molecule has 3 heterocycles. The minimum atomic E-state index is -0.785. The van der Waals surface area contributed by atoms with Crippen molar-refractivity contribution in [1.29, 1.82) is 0 Å². The standard InChI is InChI=1S/C27H26FN3O4S/c1-3-5-6-7-14-34-18-11-8-16(9-12-18)23-22-24(32)19-15-17(28)10-13-20(19)35-25(22)26(33)31(23)27-30-29-21(4-2)36-27/h8-13,15,23H,3-7,14H2,1-2H3. The van der Waals surface area contributed by atoms with E-state index in [0.717, 1.165) is 30.3 Å². The van der Waals surface area contributed by atoms with Gasteiger partial charge in [0.1, 0.15) is 22.2 Å². The number of amides is 1. The second kappa shape index (κ2) is 10.2. The molecule has 0 bridgehead atoms. The summed E-state index contributed by atoms with van der Waals surface area (Å²) in [5.41, 5.74) is 0.576. The molecule has 0 N–H and O–H groups in total. The van der Waals surface area contributed by atoms with Crippen molar-refractivity contribution in [3.63, 3.8) is 0 Å². The molecular weight excluding hydrogens is 481 g/mol. The normalized spacial score (nSPS) is 15.0. The van der Waals surface area contributed by atoms with Crippen LogP contribution in [-0.2, 0) is 6.42 Å². The summed E-state index contributed by atoms with van der Waals surface area (Å²) in [4.78, 5) is 28.6. The first-order chi connectivity index (χ1) is 17.5. The van der Waals surface area contributed by atoms with Gasteiger partial charge in [0.2, 0.25) is 10.9 Å². The van der Waals surface area contributed by atoms with Crippen LogP contribution in [0.1, 0.15) is 72.3 Å². The Morgan fingerprint density at radius 3 is 2.58 bits per heavy atom. The van der Waals surface area contributed by atoms with Gasteiger partial charge < -0.3 is 9.15 Å². The molecule has 1 amide bonds. The van der Waals surface area contributed by atoms with E-state index < -0.39 is 23.2 Å². The van der Waals surface area contributed by atoms with E-state index in [1.54, 1.807) is 0 Å². The predicted octanol–water partition coefficient (Wildman–Crippen LogP) is 6.05. The Labute approximate surface area is 211 Å². The molecular formula is C27H26FN3O4S. The summed E-state index contributed by atoms with van der Waals surface area (Å²) < 4.78 is 25.7. The maximum Gasteiger partial charge on any atom is 0.297 e. The number of carbonyl (C=O) groups is 1. The van der Waals surface area contributed by atoms with Crippen molar-refractivity contribution in [3.8, 4) is 5.75 Å². The molecule has 2 aromatic carbocycles. The van der Waals surface area contributed by atoms with Crippen LogP contribution in [0.15, 0.2) is 51.7 Å². The Bertz CT molecular complexity index is 1460. The van der Waals surface area contributed by atoms with Gasteiger partial charge in [0, 0.05) is 0 Å². The van der Waals surface area contributed by atoms with Crippen LogP contribution in [0.2, 0.25) is 0 Å². The van der Waals surface area contributed by atoms with Gasteiger partial charge >= 0.3 is 0 Å². The van der Waals surface area contributed by atoms with Crippen molar-refractivity contribution in [2.75, 3.05) is 11.5 Å². The van der Waals surface area contributed by atoms with Crippen LogP contribution in [0, 0.1) is 5.82 Å². The molecule has 0 spiro atoms. The number of hydrogen-bond acceptors (Lipinski definition) is 7. The Morgan fingerprint density at radius 2 is 1.86 bits per heavy atom. The number of ether oxygens (including phenoxy) is 1. The van der Waals surface area contributed by atoms with Crippen molar-refractivity contribution in [2.45, 2.75) is 52.0 Å². The van der Waals surface area contributed by atoms with Gasteiger partial charge in [0.05, 0.1) is 23.6 Å². The fourth-order valence-electron chi connectivity index (χ4n) is 4.41. The summed E-state index contributed by atoms with van der Waals surface area (Å²) in [6, 6.07) is 10.2. The number of anilines is 1. The van der Waals surface area contributed by atoms with Crippen LogP contribution in [0.3, 0.4) is 0 Å². The molecule has 0 aliphatic carbocycles. The summed E-state index contributed by atoms with van der Waals surface area (Å²) in [5.74, 6) is -0.380. The lowest BCUT2D eigenvalue weighted by atomic mass is 9.98. The minimum absolute atomic E-state index is 0.0615. The Balaban J connectivity index is 1.56. The fourth-order valence-corrected chi connectivity index (χ4v) is 5.21. The zero-order valence-electron chi connectivity index (χ0n) is 20.1. The molecule has 7 nitrogen and oxygen atoms in total. The average molecular weight is 508 g/mol. The van der Waals surface area contributed by atoms with Crippen LogP contribution < -0.4 is 15.1 Å². The predicted molar refractivity (Wildman–Crippen MR) is 136 cm³/mol. The van der Waals surface area contributed by atoms with E-state index in [4.69, 9.17) is 9.15 Å². The van der Waals surface area contributed by atoms with Crippen molar-refractivity contribution >= 4 is 33.3 Å². The number of carbonyl (C=O) groups excluding carboxylic acids is 1. The topological polar surface area (TPSA) is 85.5 Å². The highest BCUT2D eigenvalue weighted by molar-refractivity contribution is 7.15. The number of hydrogen-bond donors (Lipinski definition) is 0. The maximum atomic E-state index is 14.0. The monoisotopic (exact) mass is 507 g/mol. The molecule has 9 heteroatoms. The Morgan fingerprint density at radius 1 is 1.06 bits per heavy atom. The van der Waals surface area contributed by atoms with E-state index in [1.807, 2.05) is 31.2 Å². The smallest absolute Gasteiger partial charge is 0.297 e. The van der Waals surface area contributed by atoms with Gasteiger partial charge in [-0.3, -0.25) is 14.5 Å². The van der Waals surface area contributed by atoms with Gasteiger partial charge in [0.25, 0.3) is 5.91 Å². The number of rotatable bonds is 9. The third-order valence-corrected chi connectivity index (χ3v) is 7.33. The molecule has 2 aromatic heterocycles. The van der Waals surface area contributed by atoms with Gasteiger partial charge in [0.15, 0.2) is 5.43 Å². The van der Waals surface area contributed by atoms with E-state index in [9.17, 15) is 14.0 Å². The van der Waals surface area contributed by atoms with Gasteiger partial charge in [-0.15, -0.1) is 10.2 Å². The largest absolute Gasteiger partial charge is 0.494 e. The van der Waals surface area contributed by atoms with Crippen LogP contribution in [0.5, 0.6) is 5.75 Å². The molecule has 1 atom stereocenters. The highest BCUT2D eigenvalue weighted by Crippen LogP contribution is 2.42. The van der Waals surface area contributed by atoms with E-state index in [1.165, 1.54) is 34.8 Å². The van der Waals surface area contributed by atoms with E-state index in [0.29, 0.717) is 29.5 Å². The molecule has 186 valence electrons. The van der Waals surface area contributed by atoms with Gasteiger partial charge in [-0.05, 0) is 48.7 Å². The molecule has 5 rings (SSSR count). The summed E-state index contributed by atoms with van der Waals surface area (Å²) in [5, 5.41) is 9.61. The number of fused-ring (bicyclic) bond motifs is 2. The molecule has 1 aliphatic rings. The lowest BCUT2D eigenvalue weighted by molar-refractivity contribution is 0.0970. The third-order valence-electron chi connectivity index (χ3n) is 6.26. The van der Waals surface area contributed by atoms with Crippen LogP contribution >= 0.6 is 11.3 Å². The summed E-state index contributed by atoms with van der Waals surface area (Å²) in [6.45, 7) is 4.75. The van der Waals surface area contributed by atoms with E-state index in [-0.39, 0.29) is 22.3 Å². The molecule has 0 radical (unpaired) electrons. The van der Waals surface area contributed by atoms with Gasteiger partial charge in [-0.25, -0.2) is 4.39 Å². The van der Waals surface area contributed by atoms with Crippen molar-refractivity contribution in [3.05, 3.63) is 80.4 Å². The molecule has 1 aliphatic heterocycles. The van der Waals surface area contributed by atoms with Crippen LogP contribution in [0.4, 0.5) is 9.52 Å². The number of halogens is 1. The number of benzene rings is 2. The van der Waals surface area contributed by atoms with Crippen LogP contribution in [-0.4, -0.2) is 22.7 Å². The first-order valence-electron chi connectivity index (χ1n) is 12.2. The quantitative estimate of drug-likeness (QED) is 0.256. The highest BCUT2D eigenvalue weighted by Gasteiger charge is 2.45. The molecule has 0 fully saturated rings. The van der Waals surface area contributed by atoms with Gasteiger partial charge in [-0.2, -0.15) is 0 Å². The molecule has 1 unspecified atom stereocenters. The molecule has 4 aromatic rings. The number of aryl methyl sites for hydroxylation is 1. The first-order valence-corrected chi connectivity index (χ1v) is 13.0. The number of aromatic nitrogens is 2. The van der Waals surface area contributed by atoms with Crippen LogP contribution in [0.25, 0.3) is 11.0 Å². The summed E-state index contributed by atoms with van der Waals surface area (Å²) in [6.07, 6.45) is 5.12. The van der Waals surface area contributed by atoms with Gasteiger partial charge in [-0.1, -0.05) is 56.6 Å². The Kier molecular flexibility index (Phi) is 6.82. The maximum absolute atomic E-state index is 14.0. The zero-order chi connectivity index (χ0) is 25.2. The second-order valence-corrected chi connectivity index (χ2v) is 9.74. The number of nitrogens with zero attached hydrogens (tertiary/aromatic N) is 3. The zero-order valence-corrected chi connectivity index (χ0v) is 20.9. The summed E-state index contributed by atoms with van der Waals surface area (Å²) >= 11 is 1.29. The average Bonchev–Trinajstić information content (AvgIpc) is 3.47. The number of unbranched alkanes of at least 4 members (excludes halogenated alkanes) is 3. The van der Waals surface area contributed by atoms with E-state index >= 15 is 0 Å². The fraction of sp³-hybridized carbons (Fsp3) is 0.333. The molecule has 36 heavy (non-hydrogen) atoms. The SMILES string of the molecule is CCCCCCOc1ccc(C2c3c(oc4ccc(F)cc4c3=O)C(=O)N2c2nnc(CC)s2)cc1. The minimum Gasteiger partial charge on any atom is -0.494 e. The van der Waals surface area contributed by atoms with E-state index in [2.05, 4.69) is 17.1 Å². The van der Waals surface area contributed by atoms with Crippen molar-refractivity contribution in [2.24, 2.45) is 0 Å². The summed E-state index contributed by atoms with van der Waals surface area (Å²) in [7, 11) is 0. The highest BCUT2D eigenvalue weighted by atomic mass is 32.1. The Hall–Kier alpha value is -3.59. The molecule has 0 saturated carbocycles. The molecule has 0 saturated heterocycles. The lowest BCUT2D eigenvalue weighted by Gasteiger charge is -2.22. The third kappa shape index (κ3) is 4.39. The first kappa shape index (κ1) is 24.1.